The van der Waals surface area contributed by atoms with E-state index < -0.39 is 10.0 Å². The highest BCUT2D eigenvalue weighted by atomic mass is 35.5. The molecule has 1 aromatic carbocycles. The second-order valence-corrected chi connectivity index (χ2v) is 9.30. The van der Waals surface area contributed by atoms with Gasteiger partial charge in [0.25, 0.3) is 0 Å². The molecule has 0 aliphatic rings. The van der Waals surface area contributed by atoms with Gasteiger partial charge in [-0.1, -0.05) is 44.5 Å². The maximum absolute atomic E-state index is 12.3. The molecule has 108 valence electrons. The third-order valence-corrected chi connectivity index (χ3v) is 8.98. The molecular formula is C15H23ClO2S. The molecular weight excluding hydrogens is 280 g/mol. The van der Waals surface area contributed by atoms with E-state index in [4.69, 9.17) is 16.3 Å². The molecule has 19 heavy (non-hydrogen) atoms. The van der Waals surface area contributed by atoms with Crippen LogP contribution in [0.15, 0.2) is 24.3 Å². The van der Waals surface area contributed by atoms with Gasteiger partial charge in [0.1, 0.15) is 5.25 Å². The Labute approximate surface area is 122 Å². The standard InChI is InChI=1S/C15H23ClO2S/c1-5-19(6-2,7-3)14(15(17)18-4)12-8-10-13(16)11-9-12/h8-11,14H,5-7H2,1-4H3. The van der Waals surface area contributed by atoms with Crippen LogP contribution in [0.3, 0.4) is 0 Å². The zero-order chi connectivity index (χ0) is 14.5. The second kappa shape index (κ2) is 7.20. The van der Waals surface area contributed by atoms with Crippen molar-refractivity contribution >= 4 is 27.6 Å². The van der Waals surface area contributed by atoms with Crippen LogP contribution in [0.5, 0.6) is 0 Å². The molecule has 0 N–H and O–H groups in total. The summed E-state index contributed by atoms with van der Waals surface area (Å²) in [7, 11) is 0.423. The van der Waals surface area contributed by atoms with Gasteiger partial charge in [-0.2, -0.15) is 0 Å². The number of esters is 1. The number of carbonyl (C=O) groups excluding carboxylic acids is 1. The molecule has 0 spiro atoms. The number of hydrogen-bond donors (Lipinski definition) is 0. The predicted octanol–water partition coefficient (Wildman–Crippen LogP) is 4.42. The van der Waals surface area contributed by atoms with Crippen molar-refractivity contribution in [2.45, 2.75) is 26.0 Å². The first-order chi connectivity index (χ1) is 9.04. The fourth-order valence-corrected chi connectivity index (χ4v) is 6.08. The Bertz CT molecular complexity index is 404. The summed E-state index contributed by atoms with van der Waals surface area (Å²) in [5, 5.41) is 0.548. The van der Waals surface area contributed by atoms with E-state index >= 15 is 0 Å². The van der Waals surface area contributed by atoms with E-state index in [2.05, 4.69) is 20.8 Å². The van der Waals surface area contributed by atoms with Gasteiger partial charge in [0, 0.05) is 5.02 Å². The van der Waals surface area contributed by atoms with Crippen LogP contribution < -0.4 is 0 Å². The Hall–Kier alpha value is -0.670. The lowest BCUT2D eigenvalue weighted by molar-refractivity contribution is -0.140. The average molecular weight is 303 g/mol. The van der Waals surface area contributed by atoms with Gasteiger partial charge in [0.15, 0.2) is 0 Å². The van der Waals surface area contributed by atoms with E-state index in [1.807, 2.05) is 24.3 Å². The summed E-state index contributed by atoms with van der Waals surface area (Å²) in [5.74, 6) is 2.97. The van der Waals surface area contributed by atoms with E-state index in [0.29, 0.717) is 5.02 Å². The number of benzene rings is 1. The molecule has 0 saturated carbocycles. The van der Waals surface area contributed by atoms with Crippen molar-refractivity contribution in [3.63, 3.8) is 0 Å². The van der Waals surface area contributed by atoms with E-state index in [1.165, 1.54) is 7.11 Å². The van der Waals surface area contributed by atoms with Crippen LogP contribution in [0.1, 0.15) is 31.6 Å². The topological polar surface area (TPSA) is 26.3 Å². The summed E-state index contributed by atoms with van der Waals surface area (Å²) in [6.45, 7) is 6.52. The van der Waals surface area contributed by atoms with E-state index in [-0.39, 0.29) is 11.2 Å². The van der Waals surface area contributed by atoms with Crippen molar-refractivity contribution in [2.75, 3.05) is 24.4 Å². The molecule has 0 radical (unpaired) electrons. The number of hydrogen-bond acceptors (Lipinski definition) is 2. The van der Waals surface area contributed by atoms with E-state index in [1.54, 1.807) is 0 Å². The van der Waals surface area contributed by atoms with Crippen LogP contribution in [0, 0.1) is 0 Å². The Morgan fingerprint density at radius 3 is 2.00 bits per heavy atom. The van der Waals surface area contributed by atoms with Crippen molar-refractivity contribution in [3.8, 4) is 0 Å². The van der Waals surface area contributed by atoms with E-state index in [9.17, 15) is 4.79 Å². The van der Waals surface area contributed by atoms with Gasteiger partial charge in [-0.05, 0) is 35.0 Å². The van der Waals surface area contributed by atoms with Crippen molar-refractivity contribution in [3.05, 3.63) is 34.9 Å². The van der Waals surface area contributed by atoms with Gasteiger partial charge < -0.3 is 4.74 Å². The van der Waals surface area contributed by atoms with Crippen LogP contribution in [-0.4, -0.2) is 30.3 Å². The first kappa shape index (κ1) is 16.4. The fourth-order valence-electron chi connectivity index (χ4n) is 2.49. The second-order valence-electron chi connectivity index (χ2n) is 4.43. The van der Waals surface area contributed by atoms with Crippen molar-refractivity contribution in [1.29, 1.82) is 0 Å². The van der Waals surface area contributed by atoms with Gasteiger partial charge in [-0.25, -0.2) is 10.0 Å². The van der Waals surface area contributed by atoms with Crippen LogP contribution in [0.4, 0.5) is 0 Å². The first-order valence-electron chi connectivity index (χ1n) is 6.63. The minimum absolute atomic E-state index is 0.122. The summed E-state index contributed by atoms with van der Waals surface area (Å²) < 4.78 is 5.06. The average Bonchev–Trinajstić information content (AvgIpc) is 2.46. The number of halogens is 1. The number of ether oxygens (including phenoxy) is 1. The molecule has 1 rings (SSSR count). The van der Waals surface area contributed by atoms with E-state index in [0.717, 1.165) is 22.8 Å². The number of methoxy groups -OCH3 is 1. The van der Waals surface area contributed by atoms with Gasteiger partial charge in [-0.3, -0.25) is 4.79 Å². The minimum atomic E-state index is -1.05. The lowest BCUT2D eigenvalue weighted by atomic mass is 10.1. The molecule has 1 atom stereocenters. The highest BCUT2D eigenvalue weighted by Gasteiger charge is 2.36. The molecule has 0 aliphatic heterocycles. The van der Waals surface area contributed by atoms with Gasteiger partial charge in [0.2, 0.25) is 0 Å². The maximum Gasteiger partial charge on any atom is 0.321 e. The van der Waals surface area contributed by atoms with Crippen LogP contribution in [0.25, 0.3) is 0 Å². The highest BCUT2D eigenvalue weighted by Crippen LogP contribution is 2.60. The number of carbonyl (C=O) groups is 1. The Morgan fingerprint density at radius 2 is 1.63 bits per heavy atom. The monoisotopic (exact) mass is 302 g/mol. The molecule has 4 heteroatoms. The Morgan fingerprint density at radius 1 is 1.16 bits per heavy atom. The van der Waals surface area contributed by atoms with Crippen LogP contribution in [0.2, 0.25) is 5.02 Å². The fraction of sp³-hybridized carbons (Fsp3) is 0.533. The third-order valence-electron chi connectivity index (χ3n) is 3.81. The largest absolute Gasteiger partial charge is 0.468 e. The van der Waals surface area contributed by atoms with Gasteiger partial charge in [-0.15, -0.1) is 0 Å². The maximum atomic E-state index is 12.3. The lowest BCUT2D eigenvalue weighted by Gasteiger charge is -2.43. The first-order valence-corrected chi connectivity index (χ1v) is 9.21. The van der Waals surface area contributed by atoms with Crippen molar-refractivity contribution in [2.24, 2.45) is 0 Å². The summed E-state index contributed by atoms with van der Waals surface area (Å²) in [5.41, 5.74) is 1.02. The van der Waals surface area contributed by atoms with Crippen molar-refractivity contribution < 1.29 is 9.53 Å². The molecule has 0 fully saturated rings. The molecule has 0 aliphatic carbocycles. The minimum Gasteiger partial charge on any atom is -0.468 e. The summed E-state index contributed by atoms with van der Waals surface area (Å²) >= 11 is 5.94. The summed E-state index contributed by atoms with van der Waals surface area (Å²) in [6, 6.07) is 7.59. The zero-order valence-corrected chi connectivity index (χ0v) is 13.7. The predicted molar refractivity (Wildman–Crippen MR) is 85.4 cm³/mol. The molecule has 0 heterocycles. The van der Waals surface area contributed by atoms with Crippen LogP contribution >= 0.6 is 21.6 Å². The Balaban J connectivity index is 3.28. The van der Waals surface area contributed by atoms with Gasteiger partial charge >= 0.3 is 5.97 Å². The lowest BCUT2D eigenvalue weighted by Crippen LogP contribution is -2.26. The molecule has 0 amide bonds. The SMILES string of the molecule is CCS(CC)(CC)C(C(=O)OC)c1ccc(Cl)cc1. The molecule has 2 nitrogen and oxygen atoms in total. The zero-order valence-electron chi connectivity index (χ0n) is 12.1. The van der Waals surface area contributed by atoms with Gasteiger partial charge in [0.05, 0.1) is 7.11 Å². The Kier molecular flexibility index (Phi) is 6.21. The molecule has 1 aromatic rings. The molecule has 1 unspecified atom stereocenters. The summed E-state index contributed by atoms with van der Waals surface area (Å²) in [4.78, 5) is 12.3. The molecule has 0 aromatic heterocycles. The normalized spacial score (nSPS) is 13.9. The smallest absolute Gasteiger partial charge is 0.321 e. The quantitative estimate of drug-likeness (QED) is 0.727. The van der Waals surface area contributed by atoms with Crippen LogP contribution in [-0.2, 0) is 9.53 Å². The highest BCUT2D eigenvalue weighted by molar-refractivity contribution is 8.34. The summed E-state index contributed by atoms with van der Waals surface area (Å²) in [6.07, 6.45) is 0. The molecule has 0 saturated heterocycles. The van der Waals surface area contributed by atoms with Crippen molar-refractivity contribution in [1.82, 2.24) is 0 Å². The third kappa shape index (κ3) is 3.46. The number of rotatable bonds is 6. The molecule has 0 bridgehead atoms.